The molecule has 0 aromatic heterocycles. The van der Waals surface area contributed by atoms with Gasteiger partial charge in [0.05, 0.1) is 30.4 Å². The Bertz CT molecular complexity index is 577. The summed E-state index contributed by atoms with van der Waals surface area (Å²) in [5.74, 6) is 0. The average molecular weight is 348 g/mol. The van der Waals surface area contributed by atoms with Crippen LogP contribution in [-0.4, -0.2) is 39.9 Å². The summed E-state index contributed by atoms with van der Waals surface area (Å²) < 4.78 is 68.4. The first-order chi connectivity index (χ1) is 9.68. The van der Waals surface area contributed by atoms with E-state index in [9.17, 15) is 21.6 Å². The van der Waals surface area contributed by atoms with Gasteiger partial charge in [0.2, 0.25) is 10.0 Å². The van der Waals surface area contributed by atoms with Crippen molar-refractivity contribution in [1.29, 1.82) is 0 Å². The first-order valence-corrected chi connectivity index (χ1v) is 7.59. The van der Waals surface area contributed by atoms with E-state index in [2.05, 4.69) is 4.72 Å². The van der Waals surface area contributed by atoms with Crippen LogP contribution in [0.4, 0.5) is 13.2 Å². The van der Waals surface area contributed by atoms with E-state index in [0.29, 0.717) is 12.1 Å². The number of nitrogens with one attached hydrogen (secondary N) is 1. The van der Waals surface area contributed by atoms with Crippen LogP contribution >= 0.6 is 11.6 Å². The molecular weight excluding hydrogens is 335 g/mol. The van der Waals surface area contributed by atoms with Crippen LogP contribution in [0.2, 0.25) is 5.02 Å². The number of sulfonamides is 1. The summed E-state index contributed by atoms with van der Waals surface area (Å²) in [5, 5.41) is 8.15. The van der Waals surface area contributed by atoms with Gasteiger partial charge < -0.3 is 9.84 Å². The molecule has 0 aliphatic rings. The minimum atomic E-state index is -4.67. The van der Waals surface area contributed by atoms with Crippen LogP contribution in [-0.2, 0) is 20.9 Å². The lowest BCUT2D eigenvalue weighted by Crippen LogP contribution is -2.28. The van der Waals surface area contributed by atoms with Crippen LogP contribution in [0.15, 0.2) is 23.1 Å². The molecule has 0 saturated heterocycles. The maximum Gasteiger partial charge on any atom is 0.416 e. The van der Waals surface area contributed by atoms with Gasteiger partial charge >= 0.3 is 6.18 Å². The fourth-order valence-corrected chi connectivity index (χ4v) is 2.91. The summed E-state index contributed by atoms with van der Waals surface area (Å²) >= 11 is 5.64. The van der Waals surface area contributed by atoms with Crippen molar-refractivity contribution >= 4 is 21.6 Å². The first-order valence-electron chi connectivity index (χ1n) is 5.73. The Kier molecular flexibility index (Phi) is 6.41. The minimum absolute atomic E-state index is 0.0314. The van der Waals surface area contributed by atoms with Crippen molar-refractivity contribution in [1.82, 2.24) is 4.72 Å². The fourth-order valence-electron chi connectivity index (χ4n) is 1.38. The Labute approximate surface area is 124 Å². The lowest BCUT2D eigenvalue weighted by molar-refractivity contribution is -0.137. The van der Waals surface area contributed by atoms with Crippen LogP contribution in [0.25, 0.3) is 0 Å². The van der Waals surface area contributed by atoms with Gasteiger partial charge in [0.15, 0.2) is 0 Å². The number of halogens is 4. The molecular formula is C11H13ClF3NO4S. The molecule has 21 heavy (non-hydrogen) atoms. The third-order valence-electron chi connectivity index (χ3n) is 2.32. The van der Waals surface area contributed by atoms with Gasteiger partial charge in [0.25, 0.3) is 0 Å². The topological polar surface area (TPSA) is 75.6 Å². The van der Waals surface area contributed by atoms with E-state index >= 15 is 0 Å². The lowest BCUT2D eigenvalue weighted by atomic mass is 10.2. The zero-order valence-corrected chi connectivity index (χ0v) is 12.2. The number of hydrogen-bond donors (Lipinski definition) is 2. The normalized spacial score (nSPS) is 12.6. The van der Waals surface area contributed by atoms with Gasteiger partial charge in [0.1, 0.15) is 4.90 Å². The molecule has 0 aliphatic carbocycles. The third-order valence-corrected chi connectivity index (χ3v) is 4.26. The second-order valence-electron chi connectivity index (χ2n) is 3.88. The quantitative estimate of drug-likeness (QED) is 0.735. The molecule has 0 unspecified atom stereocenters. The van der Waals surface area contributed by atoms with E-state index < -0.39 is 26.7 Å². The molecule has 0 radical (unpaired) electrons. The molecule has 2 N–H and O–H groups in total. The SMILES string of the molecule is O=S(=O)(NCCOCCO)c1cc(C(F)(F)F)ccc1Cl. The second-order valence-corrected chi connectivity index (χ2v) is 6.02. The van der Waals surface area contributed by atoms with Crippen molar-refractivity contribution in [2.24, 2.45) is 0 Å². The predicted octanol–water partition coefficient (Wildman–Crippen LogP) is 1.65. The van der Waals surface area contributed by atoms with Crippen molar-refractivity contribution in [3.05, 3.63) is 28.8 Å². The van der Waals surface area contributed by atoms with E-state index in [4.69, 9.17) is 21.4 Å². The number of aliphatic hydroxyl groups is 1. The van der Waals surface area contributed by atoms with E-state index in [1.54, 1.807) is 0 Å². The summed E-state index contributed by atoms with van der Waals surface area (Å²) in [6.07, 6.45) is -4.67. The first kappa shape index (κ1) is 18.2. The molecule has 0 saturated carbocycles. The number of ether oxygens (including phenoxy) is 1. The lowest BCUT2D eigenvalue weighted by Gasteiger charge is -2.12. The molecule has 0 spiro atoms. The third kappa shape index (κ3) is 5.44. The second kappa shape index (κ2) is 7.41. The molecule has 10 heteroatoms. The van der Waals surface area contributed by atoms with Gasteiger partial charge in [-0.2, -0.15) is 13.2 Å². The van der Waals surface area contributed by atoms with Crippen LogP contribution in [0.3, 0.4) is 0 Å². The highest BCUT2D eigenvalue weighted by Gasteiger charge is 2.32. The highest BCUT2D eigenvalue weighted by Crippen LogP contribution is 2.33. The number of benzene rings is 1. The molecule has 0 bridgehead atoms. The largest absolute Gasteiger partial charge is 0.416 e. The van der Waals surface area contributed by atoms with Gasteiger partial charge in [-0.15, -0.1) is 0 Å². The molecule has 1 aromatic carbocycles. The van der Waals surface area contributed by atoms with E-state index in [1.807, 2.05) is 0 Å². The molecule has 0 heterocycles. The molecule has 1 rings (SSSR count). The molecule has 1 aromatic rings. The number of rotatable bonds is 7. The summed E-state index contributed by atoms with van der Waals surface area (Å²) in [4.78, 5) is -0.652. The summed E-state index contributed by atoms with van der Waals surface area (Å²) in [5.41, 5.74) is -1.11. The minimum Gasteiger partial charge on any atom is -0.394 e. The Morgan fingerprint density at radius 3 is 2.52 bits per heavy atom. The maximum absolute atomic E-state index is 12.6. The van der Waals surface area contributed by atoms with Crippen molar-refractivity contribution in [2.75, 3.05) is 26.4 Å². The van der Waals surface area contributed by atoms with Gasteiger partial charge in [0, 0.05) is 6.54 Å². The van der Waals surface area contributed by atoms with Gasteiger partial charge in [-0.25, -0.2) is 13.1 Å². The molecule has 120 valence electrons. The average Bonchev–Trinajstić information content (AvgIpc) is 2.37. The van der Waals surface area contributed by atoms with Gasteiger partial charge in [-0.3, -0.25) is 0 Å². The van der Waals surface area contributed by atoms with Gasteiger partial charge in [-0.05, 0) is 18.2 Å². The maximum atomic E-state index is 12.6. The molecule has 0 atom stereocenters. The highest BCUT2D eigenvalue weighted by molar-refractivity contribution is 7.89. The van der Waals surface area contributed by atoms with Gasteiger partial charge in [-0.1, -0.05) is 11.6 Å². The molecule has 0 amide bonds. The van der Waals surface area contributed by atoms with Crippen molar-refractivity contribution < 1.29 is 31.4 Å². The van der Waals surface area contributed by atoms with Crippen LogP contribution in [0.1, 0.15) is 5.56 Å². The van der Waals surface area contributed by atoms with E-state index in [-0.39, 0.29) is 31.4 Å². The Morgan fingerprint density at radius 1 is 1.29 bits per heavy atom. The molecule has 0 aliphatic heterocycles. The Morgan fingerprint density at radius 2 is 1.95 bits per heavy atom. The number of hydrogen-bond acceptors (Lipinski definition) is 4. The number of alkyl halides is 3. The van der Waals surface area contributed by atoms with Crippen molar-refractivity contribution in [3.8, 4) is 0 Å². The standard InChI is InChI=1S/C11H13ClF3NO4S/c12-9-2-1-8(11(13,14)15)7-10(9)21(18,19)16-3-5-20-6-4-17/h1-2,7,16-17H,3-6H2. The summed E-state index contributed by atoms with van der Waals surface area (Å²) in [6.45, 7) is -0.372. The highest BCUT2D eigenvalue weighted by atomic mass is 35.5. The smallest absolute Gasteiger partial charge is 0.394 e. The fraction of sp³-hybridized carbons (Fsp3) is 0.455. The molecule has 5 nitrogen and oxygen atoms in total. The molecule has 0 fully saturated rings. The van der Waals surface area contributed by atoms with E-state index in [1.165, 1.54) is 0 Å². The summed E-state index contributed by atoms with van der Waals surface area (Å²) in [6, 6.07) is 2.05. The zero-order valence-electron chi connectivity index (χ0n) is 10.7. The Hall–Kier alpha value is -0.870. The van der Waals surface area contributed by atoms with Crippen LogP contribution < -0.4 is 4.72 Å². The Balaban J connectivity index is 2.87. The predicted molar refractivity (Wildman–Crippen MR) is 69.5 cm³/mol. The van der Waals surface area contributed by atoms with Crippen molar-refractivity contribution in [2.45, 2.75) is 11.1 Å². The monoisotopic (exact) mass is 347 g/mol. The van der Waals surface area contributed by atoms with E-state index in [0.717, 1.165) is 6.07 Å². The summed E-state index contributed by atoms with van der Waals surface area (Å²) in [7, 11) is -4.19. The number of aliphatic hydroxyl groups excluding tert-OH is 1. The van der Waals surface area contributed by atoms with Crippen molar-refractivity contribution in [3.63, 3.8) is 0 Å². The van der Waals surface area contributed by atoms with Crippen LogP contribution in [0.5, 0.6) is 0 Å². The zero-order chi connectivity index (χ0) is 16.1. The van der Waals surface area contributed by atoms with Crippen LogP contribution in [0, 0.1) is 0 Å².